The van der Waals surface area contributed by atoms with Crippen molar-refractivity contribution in [1.82, 2.24) is 19.9 Å². The molecular weight excluding hydrogens is 196 g/mol. The number of aromatic amines is 4. The molecule has 0 radical (unpaired) electrons. The first kappa shape index (κ1) is 7.44. The number of nitrogens with one attached hydrogen (secondary N) is 4. The van der Waals surface area contributed by atoms with Crippen molar-refractivity contribution in [3.8, 4) is 0 Å². The minimum Gasteiger partial charge on any atom is -0.322 e. The largest absolute Gasteiger partial charge is 0.325 e. The number of H-pyrrole nitrogens is 4. The van der Waals surface area contributed by atoms with Gasteiger partial charge < -0.3 is 15.0 Å². The van der Waals surface area contributed by atoms with E-state index in [1.807, 2.05) is 0 Å². The molecule has 2 rings (SSSR count). The Balaban J connectivity index is 3.18. The number of imidazole rings is 1. The van der Waals surface area contributed by atoms with Crippen molar-refractivity contribution in [2.24, 2.45) is 0 Å². The normalized spacial score (nSPS) is 10.7. The van der Waals surface area contributed by atoms with E-state index in [0.717, 1.165) is 0 Å². The van der Waals surface area contributed by atoms with E-state index < -0.39 is 0 Å². The third-order valence-corrected chi connectivity index (χ3v) is 1.93. The highest BCUT2D eigenvalue weighted by Gasteiger charge is 1.98. The third kappa shape index (κ3) is 1.03. The smallest absolute Gasteiger partial charge is 0.322 e. The molecule has 2 aromatic rings. The molecule has 0 spiro atoms. The van der Waals surface area contributed by atoms with Crippen LogP contribution in [0, 0.1) is 9.41 Å². The summed E-state index contributed by atoms with van der Waals surface area (Å²) >= 11 is 9.74. The summed E-state index contributed by atoms with van der Waals surface area (Å²) in [5, 5.41) is 0. The van der Waals surface area contributed by atoms with Gasteiger partial charge in [-0.15, -0.1) is 0 Å². The van der Waals surface area contributed by atoms with Gasteiger partial charge in [0, 0.05) is 0 Å². The van der Waals surface area contributed by atoms with Crippen molar-refractivity contribution in [1.29, 1.82) is 0 Å². The van der Waals surface area contributed by atoms with Crippen LogP contribution in [0.1, 0.15) is 0 Å². The molecule has 2 aromatic heterocycles. The Morgan fingerprint density at radius 1 is 1.00 bits per heavy atom. The van der Waals surface area contributed by atoms with Crippen molar-refractivity contribution in [3.63, 3.8) is 0 Å². The molecule has 12 heavy (non-hydrogen) atoms. The maximum atomic E-state index is 10.8. The average Bonchev–Trinajstić information content (AvgIpc) is 2.29. The zero-order valence-electron chi connectivity index (χ0n) is 5.72. The summed E-state index contributed by atoms with van der Waals surface area (Å²) in [5.41, 5.74) is 0.763. The molecule has 0 aliphatic heterocycles. The molecule has 0 saturated carbocycles. The van der Waals surface area contributed by atoms with E-state index in [0.29, 0.717) is 20.6 Å². The standard InChI is InChI=1S/C5H4N4OS2/c10-4-6-1-2(7-4)8-5(12)9-3(1)11/h(H4,6,7,8,9,10,11,12). The fourth-order valence-electron chi connectivity index (χ4n) is 0.958. The molecule has 0 unspecified atom stereocenters. The first-order chi connectivity index (χ1) is 5.66. The molecule has 0 bridgehead atoms. The lowest BCUT2D eigenvalue weighted by molar-refractivity contribution is 1.15. The highest BCUT2D eigenvalue weighted by atomic mass is 32.1. The monoisotopic (exact) mass is 200 g/mol. The van der Waals surface area contributed by atoms with Crippen molar-refractivity contribution < 1.29 is 0 Å². The lowest BCUT2D eigenvalue weighted by atomic mass is 10.6. The summed E-state index contributed by atoms with van der Waals surface area (Å²) < 4.78 is 0.815. The van der Waals surface area contributed by atoms with E-state index in [4.69, 9.17) is 24.4 Å². The van der Waals surface area contributed by atoms with E-state index in [2.05, 4.69) is 19.9 Å². The minimum atomic E-state index is -0.304. The Morgan fingerprint density at radius 3 is 2.50 bits per heavy atom. The second-order valence-electron chi connectivity index (χ2n) is 2.24. The maximum absolute atomic E-state index is 10.8. The van der Waals surface area contributed by atoms with Crippen LogP contribution in [0.2, 0.25) is 0 Å². The second kappa shape index (κ2) is 2.39. The fraction of sp³-hybridized carbons (Fsp3) is 0. The average molecular weight is 200 g/mol. The van der Waals surface area contributed by atoms with Crippen LogP contribution in [0.15, 0.2) is 4.79 Å². The van der Waals surface area contributed by atoms with Crippen LogP contribution < -0.4 is 5.69 Å². The summed E-state index contributed by atoms with van der Waals surface area (Å²) in [5.74, 6) is 0. The molecule has 7 heteroatoms. The molecule has 0 saturated heterocycles. The number of hydrogen-bond acceptors (Lipinski definition) is 3. The van der Waals surface area contributed by atoms with Gasteiger partial charge in [0.1, 0.15) is 15.8 Å². The van der Waals surface area contributed by atoms with Crippen LogP contribution in [-0.2, 0) is 0 Å². The summed E-state index contributed by atoms with van der Waals surface area (Å²) in [6.07, 6.45) is 0. The second-order valence-corrected chi connectivity index (χ2v) is 3.05. The summed E-state index contributed by atoms with van der Waals surface area (Å²) in [6.45, 7) is 0. The van der Waals surface area contributed by atoms with Gasteiger partial charge in [0.05, 0.1) is 0 Å². The molecular formula is C5H4N4OS2. The first-order valence-corrected chi connectivity index (χ1v) is 3.93. The molecule has 4 N–H and O–H groups in total. The highest BCUT2D eigenvalue weighted by molar-refractivity contribution is 7.72. The van der Waals surface area contributed by atoms with Crippen LogP contribution in [-0.4, -0.2) is 19.9 Å². The Kier molecular flexibility index (Phi) is 1.48. The lowest BCUT2D eigenvalue weighted by Crippen LogP contribution is -1.99. The van der Waals surface area contributed by atoms with Gasteiger partial charge >= 0.3 is 5.69 Å². The maximum Gasteiger partial charge on any atom is 0.325 e. The third-order valence-electron chi connectivity index (χ3n) is 1.42. The van der Waals surface area contributed by atoms with Gasteiger partial charge in [-0.2, -0.15) is 0 Å². The van der Waals surface area contributed by atoms with Crippen molar-refractivity contribution in [2.45, 2.75) is 0 Å². The number of hydrogen-bond donors (Lipinski definition) is 4. The van der Waals surface area contributed by atoms with Crippen LogP contribution in [0.4, 0.5) is 0 Å². The zero-order chi connectivity index (χ0) is 8.72. The van der Waals surface area contributed by atoms with Gasteiger partial charge in [-0.05, 0) is 12.2 Å². The van der Waals surface area contributed by atoms with Gasteiger partial charge in [-0.1, -0.05) is 12.2 Å². The SMILES string of the molecule is O=c1[nH]c2[nH]c(=S)[nH]c(=S)c2[nH]1. The van der Waals surface area contributed by atoms with E-state index in [1.54, 1.807) is 0 Å². The predicted octanol–water partition coefficient (Wildman–Crippen LogP) is 0.971. The highest BCUT2D eigenvalue weighted by Crippen LogP contribution is 2.01. The summed E-state index contributed by atoms with van der Waals surface area (Å²) in [7, 11) is 0. The van der Waals surface area contributed by atoms with Crippen molar-refractivity contribution >= 4 is 35.6 Å². The van der Waals surface area contributed by atoms with Crippen LogP contribution >= 0.6 is 24.4 Å². The predicted molar refractivity (Wildman–Crippen MR) is 49.3 cm³/mol. The van der Waals surface area contributed by atoms with Gasteiger partial charge in [0.2, 0.25) is 0 Å². The molecule has 5 nitrogen and oxygen atoms in total. The molecule has 0 fully saturated rings. The van der Waals surface area contributed by atoms with Gasteiger partial charge in [-0.3, -0.25) is 4.98 Å². The Morgan fingerprint density at radius 2 is 1.75 bits per heavy atom. The quantitative estimate of drug-likeness (QED) is 0.478. The van der Waals surface area contributed by atoms with Gasteiger partial charge in [-0.25, -0.2) is 4.79 Å². The lowest BCUT2D eigenvalue weighted by Gasteiger charge is -1.88. The number of rotatable bonds is 0. The molecule has 2 heterocycles. The Bertz CT molecular complexity index is 585. The van der Waals surface area contributed by atoms with E-state index in [9.17, 15) is 4.79 Å². The molecule has 0 aliphatic rings. The van der Waals surface area contributed by atoms with Crippen LogP contribution in [0.3, 0.4) is 0 Å². The van der Waals surface area contributed by atoms with Gasteiger partial charge in [0.15, 0.2) is 4.77 Å². The molecule has 0 aliphatic carbocycles. The number of aromatic nitrogens is 4. The summed E-state index contributed by atoms with van der Waals surface area (Å²) in [4.78, 5) is 21.3. The molecule has 62 valence electrons. The molecule has 0 atom stereocenters. The van der Waals surface area contributed by atoms with E-state index >= 15 is 0 Å². The Labute approximate surface area is 75.9 Å². The van der Waals surface area contributed by atoms with E-state index in [-0.39, 0.29) is 5.69 Å². The van der Waals surface area contributed by atoms with E-state index in [1.165, 1.54) is 0 Å². The topological polar surface area (TPSA) is 80.2 Å². The Hall–Kier alpha value is -1.21. The van der Waals surface area contributed by atoms with Crippen molar-refractivity contribution in [3.05, 3.63) is 19.9 Å². The molecule has 0 amide bonds. The first-order valence-electron chi connectivity index (χ1n) is 3.11. The number of fused-ring (bicyclic) bond motifs is 1. The summed E-state index contributed by atoms with van der Waals surface area (Å²) in [6, 6.07) is 0. The zero-order valence-corrected chi connectivity index (χ0v) is 7.36. The fourth-order valence-corrected chi connectivity index (χ4v) is 1.48. The van der Waals surface area contributed by atoms with Crippen molar-refractivity contribution in [2.75, 3.05) is 0 Å². The minimum absolute atomic E-state index is 0.304. The molecule has 0 aromatic carbocycles. The van der Waals surface area contributed by atoms with Crippen LogP contribution in [0.5, 0.6) is 0 Å². The van der Waals surface area contributed by atoms with Crippen LogP contribution in [0.25, 0.3) is 11.2 Å². The van der Waals surface area contributed by atoms with Gasteiger partial charge in [0.25, 0.3) is 0 Å².